The van der Waals surface area contributed by atoms with Gasteiger partial charge in [-0.3, -0.25) is 4.79 Å². The minimum atomic E-state index is -0.300. The largest absolute Gasteiger partial charge is 0.394 e. The maximum atomic E-state index is 12.2. The van der Waals surface area contributed by atoms with Crippen LogP contribution in [-0.2, 0) is 4.84 Å². The smallest absolute Gasteiger partial charge is 0.258 e. The van der Waals surface area contributed by atoms with E-state index in [0.29, 0.717) is 17.9 Å². The number of carbonyl (C=O) groups excluding carboxylic acids is 1. The van der Waals surface area contributed by atoms with E-state index in [4.69, 9.17) is 16.4 Å². The minimum Gasteiger partial charge on any atom is -0.394 e. The Bertz CT molecular complexity index is 774. The third-order valence-corrected chi connectivity index (χ3v) is 4.46. The Balaban J connectivity index is 1.91. The number of pyridine rings is 1. The molecule has 0 fully saturated rings. The predicted octanol–water partition coefficient (Wildman–Crippen LogP) is 4.07. The molecule has 6 nitrogen and oxygen atoms in total. The maximum Gasteiger partial charge on any atom is 0.258 e. The fourth-order valence-corrected chi connectivity index (χ4v) is 2.66. The lowest BCUT2D eigenvalue weighted by Gasteiger charge is -2.16. The first-order valence-electron chi connectivity index (χ1n) is 8.96. The summed E-state index contributed by atoms with van der Waals surface area (Å²) in [6, 6.07) is 10.7. The van der Waals surface area contributed by atoms with Gasteiger partial charge in [0, 0.05) is 18.4 Å². The SMILES string of the molecule is CCN(CC)CCO/N=C(\C)c1ccc(NC(=O)c2cccnc2Cl)cc1. The Hall–Kier alpha value is -2.44. The van der Waals surface area contributed by atoms with E-state index >= 15 is 0 Å². The van der Waals surface area contributed by atoms with Crippen LogP contribution in [0.2, 0.25) is 5.15 Å². The van der Waals surface area contributed by atoms with E-state index in [-0.39, 0.29) is 11.1 Å². The number of nitrogens with zero attached hydrogens (tertiary/aromatic N) is 3. The van der Waals surface area contributed by atoms with Gasteiger partial charge in [0.15, 0.2) is 0 Å². The Labute approximate surface area is 165 Å². The summed E-state index contributed by atoms with van der Waals surface area (Å²) in [6.07, 6.45) is 1.54. The molecule has 7 heteroatoms. The Morgan fingerprint density at radius 3 is 2.56 bits per heavy atom. The van der Waals surface area contributed by atoms with Gasteiger partial charge in [-0.25, -0.2) is 4.98 Å². The van der Waals surface area contributed by atoms with Crippen molar-refractivity contribution in [2.45, 2.75) is 20.8 Å². The molecule has 0 radical (unpaired) electrons. The van der Waals surface area contributed by atoms with E-state index < -0.39 is 0 Å². The number of hydrogen-bond acceptors (Lipinski definition) is 5. The zero-order valence-electron chi connectivity index (χ0n) is 15.9. The van der Waals surface area contributed by atoms with Crippen LogP contribution < -0.4 is 5.32 Å². The number of halogens is 1. The molecule has 27 heavy (non-hydrogen) atoms. The second kappa shape index (κ2) is 10.6. The Morgan fingerprint density at radius 1 is 1.22 bits per heavy atom. The fraction of sp³-hybridized carbons (Fsp3) is 0.350. The summed E-state index contributed by atoms with van der Waals surface area (Å²) in [5.41, 5.74) is 2.71. The van der Waals surface area contributed by atoms with Crippen LogP contribution in [0.25, 0.3) is 0 Å². The molecule has 144 valence electrons. The highest BCUT2D eigenvalue weighted by atomic mass is 35.5. The normalized spacial score (nSPS) is 11.5. The molecule has 0 atom stereocenters. The quantitative estimate of drug-likeness (QED) is 0.304. The molecule has 0 aliphatic carbocycles. The first-order chi connectivity index (χ1) is 13.0. The molecule has 0 aliphatic rings. The first kappa shape index (κ1) is 20.9. The van der Waals surface area contributed by atoms with Gasteiger partial charge in [0.25, 0.3) is 5.91 Å². The van der Waals surface area contributed by atoms with Crippen molar-refractivity contribution < 1.29 is 9.63 Å². The molecule has 1 heterocycles. The zero-order chi connectivity index (χ0) is 19.6. The molecule has 2 rings (SSSR count). The number of rotatable bonds is 9. The molecular weight excluding hydrogens is 364 g/mol. The van der Waals surface area contributed by atoms with Crippen molar-refractivity contribution in [2.75, 3.05) is 31.6 Å². The third-order valence-electron chi connectivity index (χ3n) is 4.16. The average Bonchev–Trinajstić information content (AvgIpc) is 2.68. The van der Waals surface area contributed by atoms with Crippen molar-refractivity contribution in [3.05, 3.63) is 58.9 Å². The van der Waals surface area contributed by atoms with Crippen LogP contribution in [0.1, 0.15) is 36.7 Å². The maximum absolute atomic E-state index is 12.2. The molecule has 0 aliphatic heterocycles. The minimum absolute atomic E-state index is 0.177. The van der Waals surface area contributed by atoms with Crippen molar-refractivity contribution in [3.8, 4) is 0 Å². The number of nitrogens with one attached hydrogen (secondary N) is 1. The number of benzene rings is 1. The van der Waals surface area contributed by atoms with Gasteiger partial charge < -0.3 is 15.1 Å². The third kappa shape index (κ3) is 6.34. The molecule has 0 bridgehead atoms. The van der Waals surface area contributed by atoms with Gasteiger partial charge in [0.2, 0.25) is 0 Å². The summed E-state index contributed by atoms with van der Waals surface area (Å²) in [5, 5.41) is 7.14. The van der Waals surface area contributed by atoms with Gasteiger partial charge in [0.1, 0.15) is 11.8 Å². The second-order valence-corrected chi connectivity index (χ2v) is 6.27. The Morgan fingerprint density at radius 2 is 1.93 bits per heavy atom. The van der Waals surface area contributed by atoms with Crippen molar-refractivity contribution in [3.63, 3.8) is 0 Å². The first-order valence-corrected chi connectivity index (χ1v) is 9.34. The van der Waals surface area contributed by atoms with Crippen LogP contribution in [0.5, 0.6) is 0 Å². The lowest BCUT2D eigenvalue weighted by atomic mass is 10.1. The molecule has 0 unspecified atom stereocenters. The molecule has 0 saturated heterocycles. The highest BCUT2D eigenvalue weighted by molar-refractivity contribution is 6.33. The molecule has 0 spiro atoms. The predicted molar refractivity (Wildman–Crippen MR) is 110 cm³/mol. The summed E-state index contributed by atoms with van der Waals surface area (Å²) in [4.78, 5) is 23.8. The zero-order valence-corrected chi connectivity index (χ0v) is 16.7. The van der Waals surface area contributed by atoms with Crippen molar-refractivity contribution in [1.29, 1.82) is 0 Å². The van der Waals surface area contributed by atoms with E-state index in [1.807, 2.05) is 31.2 Å². The fourth-order valence-electron chi connectivity index (χ4n) is 2.45. The second-order valence-electron chi connectivity index (χ2n) is 5.91. The number of hydrogen-bond donors (Lipinski definition) is 1. The monoisotopic (exact) mass is 388 g/mol. The summed E-state index contributed by atoms with van der Waals surface area (Å²) in [5.74, 6) is -0.300. The van der Waals surface area contributed by atoms with Gasteiger partial charge in [-0.2, -0.15) is 0 Å². The van der Waals surface area contributed by atoms with Gasteiger partial charge in [0.05, 0.1) is 11.3 Å². The van der Waals surface area contributed by atoms with Crippen LogP contribution in [0.15, 0.2) is 47.8 Å². The lowest BCUT2D eigenvalue weighted by molar-refractivity contribution is 0.102. The van der Waals surface area contributed by atoms with E-state index in [9.17, 15) is 4.79 Å². The lowest BCUT2D eigenvalue weighted by Crippen LogP contribution is -2.26. The van der Waals surface area contributed by atoms with Crippen LogP contribution in [0.3, 0.4) is 0 Å². The van der Waals surface area contributed by atoms with Gasteiger partial charge >= 0.3 is 0 Å². The van der Waals surface area contributed by atoms with E-state index in [1.165, 1.54) is 0 Å². The number of amides is 1. The summed E-state index contributed by atoms with van der Waals surface area (Å²) < 4.78 is 0. The number of likely N-dealkylation sites (N-methyl/N-ethyl adjacent to an activating group) is 1. The molecule has 2 aromatic rings. The van der Waals surface area contributed by atoms with E-state index in [2.05, 4.69) is 34.2 Å². The average molecular weight is 389 g/mol. The number of oxime groups is 1. The Kier molecular flexibility index (Phi) is 8.23. The van der Waals surface area contributed by atoms with Gasteiger partial charge in [-0.1, -0.05) is 42.7 Å². The molecule has 1 N–H and O–H groups in total. The van der Waals surface area contributed by atoms with Crippen molar-refractivity contribution in [1.82, 2.24) is 9.88 Å². The summed E-state index contributed by atoms with van der Waals surface area (Å²) in [7, 11) is 0. The molecule has 1 aromatic carbocycles. The topological polar surface area (TPSA) is 66.8 Å². The van der Waals surface area contributed by atoms with Crippen LogP contribution in [-0.4, -0.2) is 47.7 Å². The highest BCUT2D eigenvalue weighted by Crippen LogP contribution is 2.16. The van der Waals surface area contributed by atoms with Gasteiger partial charge in [-0.05, 0) is 49.8 Å². The summed E-state index contributed by atoms with van der Waals surface area (Å²) >= 11 is 5.95. The highest BCUT2D eigenvalue weighted by Gasteiger charge is 2.11. The summed E-state index contributed by atoms with van der Waals surface area (Å²) in [6.45, 7) is 9.55. The molecular formula is C20H25ClN4O2. The number of anilines is 1. The molecule has 0 saturated carbocycles. The number of carbonyl (C=O) groups is 1. The van der Waals surface area contributed by atoms with E-state index in [0.717, 1.165) is 30.9 Å². The molecule has 1 aromatic heterocycles. The van der Waals surface area contributed by atoms with E-state index in [1.54, 1.807) is 18.3 Å². The number of aromatic nitrogens is 1. The van der Waals surface area contributed by atoms with Gasteiger partial charge in [-0.15, -0.1) is 0 Å². The standard InChI is InChI=1S/C20H25ClN4O2/c1-4-25(5-2)13-14-27-24-15(3)16-8-10-17(11-9-16)23-20(26)18-7-6-12-22-19(18)21/h6-12H,4-5,13-14H2,1-3H3,(H,23,26)/b24-15+. The van der Waals surface area contributed by atoms with Crippen LogP contribution in [0, 0.1) is 0 Å². The van der Waals surface area contributed by atoms with Crippen LogP contribution in [0.4, 0.5) is 5.69 Å². The van der Waals surface area contributed by atoms with Crippen molar-refractivity contribution >= 4 is 28.9 Å². The molecule has 1 amide bonds. The van der Waals surface area contributed by atoms with Crippen molar-refractivity contribution in [2.24, 2.45) is 5.16 Å². The van der Waals surface area contributed by atoms with Crippen LogP contribution >= 0.6 is 11.6 Å².